The highest BCUT2D eigenvalue weighted by atomic mass is 31.2. The molecule has 0 aliphatic carbocycles. The van der Waals surface area contributed by atoms with Crippen molar-refractivity contribution in [2.24, 2.45) is 0 Å². The standard InChI is InChI=1S/C52H99O10P/c1-3-5-7-9-11-13-15-17-19-21-22-23-24-25-26-28-29-31-33-35-37-39-41-43-51(55)59-47-50(48-61-63(57,58)60-46-49(54)45-53)62-52(56)44-42-40-38-36-34-32-30-27-20-18-16-14-12-10-8-6-4-2/h18,20,35,37,49-50,53-54H,3-17,19,21-34,36,38-48H2,1-2H3,(H,57,58)/b20-18+,37-35+/t49-,50+/m1/s1. The number of aliphatic hydroxyl groups is 2. The molecule has 63 heavy (non-hydrogen) atoms. The van der Waals surface area contributed by atoms with E-state index in [1.165, 1.54) is 180 Å². The van der Waals surface area contributed by atoms with Crippen LogP contribution in [0.5, 0.6) is 0 Å². The molecule has 0 aromatic heterocycles. The molecular formula is C52H99O10P. The summed E-state index contributed by atoms with van der Waals surface area (Å²) in [5, 5.41) is 18.4. The minimum absolute atomic E-state index is 0.176. The van der Waals surface area contributed by atoms with Gasteiger partial charge in [-0.15, -0.1) is 0 Å². The van der Waals surface area contributed by atoms with Crippen molar-refractivity contribution < 1.29 is 47.8 Å². The van der Waals surface area contributed by atoms with Crippen LogP contribution >= 0.6 is 7.82 Å². The quantitative estimate of drug-likeness (QED) is 0.0233. The zero-order chi connectivity index (χ0) is 46.2. The van der Waals surface area contributed by atoms with E-state index >= 15 is 0 Å². The van der Waals surface area contributed by atoms with E-state index in [2.05, 4.69) is 38.2 Å². The molecule has 0 bridgehead atoms. The number of carbonyl (C=O) groups excluding carboxylic acids is 2. The number of unbranched alkanes of at least 4 members (excludes halogenated alkanes) is 32. The van der Waals surface area contributed by atoms with Gasteiger partial charge in [-0.3, -0.25) is 18.6 Å². The molecule has 0 radical (unpaired) electrons. The summed E-state index contributed by atoms with van der Waals surface area (Å²) in [5.74, 6) is -0.955. The first-order chi connectivity index (χ1) is 30.7. The number of phosphoric ester groups is 1. The number of hydrogen-bond donors (Lipinski definition) is 3. The third kappa shape index (κ3) is 48.2. The first kappa shape index (κ1) is 61.5. The Kier molecular flexibility index (Phi) is 47.2. The van der Waals surface area contributed by atoms with Crippen LogP contribution < -0.4 is 0 Å². The zero-order valence-electron chi connectivity index (χ0n) is 40.8. The molecule has 0 saturated carbocycles. The number of aliphatic hydroxyl groups excluding tert-OH is 2. The van der Waals surface area contributed by atoms with E-state index < -0.39 is 51.8 Å². The highest BCUT2D eigenvalue weighted by molar-refractivity contribution is 7.47. The van der Waals surface area contributed by atoms with Crippen molar-refractivity contribution in [3.63, 3.8) is 0 Å². The van der Waals surface area contributed by atoms with Crippen LogP contribution in [0, 0.1) is 0 Å². The lowest BCUT2D eigenvalue weighted by Gasteiger charge is -2.20. The smallest absolute Gasteiger partial charge is 0.462 e. The Hall–Kier alpha value is -1.55. The van der Waals surface area contributed by atoms with E-state index in [4.69, 9.17) is 23.6 Å². The van der Waals surface area contributed by atoms with Gasteiger partial charge in [0.1, 0.15) is 12.7 Å². The van der Waals surface area contributed by atoms with E-state index in [-0.39, 0.29) is 19.4 Å². The molecule has 1 unspecified atom stereocenters. The molecule has 0 aromatic rings. The van der Waals surface area contributed by atoms with Crippen molar-refractivity contribution in [1.82, 2.24) is 0 Å². The molecule has 10 nitrogen and oxygen atoms in total. The average molecular weight is 915 g/mol. The van der Waals surface area contributed by atoms with Crippen LogP contribution in [0.4, 0.5) is 0 Å². The molecule has 3 N–H and O–H groups in total. The SMILES string of the molecule is CCCCCCCC/C=C/CCCCCCCCCC(=O)O[C@@H](COC(=O)CCC/C=C/CCCCCCCCCCCCCCCCCCCC)COP(=O)(O)OC[C@H](O)CO. The Labute approximate surface area is 387 Å². The second-order valence-electron chi connectivity index (χ2n) is 17.9. The Morgan fingerprint density at radius 3 is 1.19 bits per heavy atom. The van der Waals surface area contributed by atoms with E-state index in [1.54, 1.807) is 0 Å². The third-order valence-electron chi connectivity index (χ3n) is 11.6. The molecule has 0 aliphatic heterocycles. The van der Waals surface area contributed by atoms with Crippen LogP contribution in [0.3, 0.4) is 0 Å². The zero-order valence-corrected chi connectivity index (χ0v) is 41.7. The topological polar surface area (TPSA) is 149 Å². The van der Waals surface area contributed by atoms with Crippen LogP contribution in [-0.4, -0.2) is 65.7 Å². The Morgan fingerprint density at radius 2 is 0.794 bits per heavy atom. The molecule has 0 rings (SSSR count). The van der Waals surface area contributed by atoms with Gasteiger partial charge in [0.2, 0.25) is 0 Å². The van der Waals surface area contributed by atoms with Gasteiger partial charge in [0.25, 0.3) is 0 Å². The van der Waals surface area contributed by atoms with Crippen LogP contribution in [0.25, 0.3) is 0 Å². The van der Waals surface area contributed by atoms with E-state index in [0.29, 0.717) is 12.8 Å². The number of rotatable bonds is 50. The highest BCUT2D eigenvalue weighted by Crippen LogP contribution is 2.43. The fourth-order valence-electron chi connectivity index (χ4n) is 7.52. The van der Waals surface area contributed by atoms with E-state index in [1.807, 2.05) is 0 Å². The molecule has 0 aliphatic rings. The Bertz CT molecular complexity index is 1100. The maximum atomic E-state index is 12.7. The predicted molar refractivity (Wildman–Crippen MR) is 261 cm³/mol. The minimum Gasteiger partial charge on any atom is -0.462 e. The number of esters is 2. The van der Waals surface area contributed by atoms with Crippen molar-refractivity contribution in [3.8, 4) is 0 Å². The number of allylic oxidation sites excluding steroid dienone is 4. The van der Waals surface area contributed by atoms with Crippen molar-refractivity contribution in [3.05, 3.63) is 24.3 Å². The van der Waals surface area contributed by atoms with Gasteiger partial charge in [-0.1, -0.05) is 212 Å². The number of carbonyl (C=O) groups is 2. The summed E-state index contributed by atoms with van der Waals surface area (Å²) in [6.45, 7) is 2.39. The normalized spacial score (nSPS) is 13.8. The summed E-state index contributed by atoms with van der Waals surface area (Å²) in [5.41, 5.74) is 0. The molecule has 3 atom stereocenters. The lowest BCUT2D eigenvalue weighted by Crippen LogP contribution is -2.29. The van der Waals surface area contributed by atoms with Gasteiger partial charge in [0, 0.05) is 12.8 Å². The molecule has 0 aromatic carbocycles. The lowest BCUT2D eigenvalue weighted by atomic mass is 10.0. The lowest BCUT2D eigenvalue weighted by molar-refractivity contribution is -0.161. The number of ether oxygens (including phenoxy) is 2. The summed E-state index contributed by atoms with van der Waals surface area (Å²) in [4.78, 5) is 35.2. The summed E-state index contributed by atoms with van der Waals surface area (Å²) >= 11 is 0. The van der Waals surface area contributed by atoms with E-state index in [9.17, 15) is 24.2 Å². The van der Waals surface area contributed by atoms with E-state index in [0.717, 1.165) is 38.5 Å². The molecule has 11 heteroatoms. The molecular weight excluding hydrogens is 816 g/mol. The summed E-state index contributed by atoms with van der Waals surface area (Å²) in [6, 6.07) is 0. The monoisotopic (exact) mass is 915 g/mol. The van der Waals surface area contributed by atoms with Crippen LogP contribution in [-0.2, 0) is 32.7 Å². The van der Waals surface area contributed by atoms with Gasteiger partial charge < -0.3 is 24.6 Å². The van der Waals surface area contributed by atoms with Gasteiger partial charge in [-0.05, 0) is 57.8 Å². The molecule has 372 valence electrons. The first-order valence-corrected chi connectivity index (χ1v) is 27.8. The number of hydrogen-bond acceptors (Lipinski definition) is 9. The predicted octanol–water partition coefficient (Wildman–Crippen LogP) is 14.9. The minimum atomic E-state index is -4.63. The Morgan fingerprint density at radius 1 is 0.460 bits per heavy atom. The van der Waals surface area contributed by atoms with Crippen LogP contribution in [0.1, 0.15) is 258 Å². The van der Waals surface area contributed by atoms with Crippen molar-refractivity contribution >= 4 is 19.8 Å². The maximum Gasteiger partial charge on any atom is 0.472 e. The van der Waals surface area contributed by atoms with Gasteiger partial charge >= 0.3 is 19.8 Å². The van der Waals surface area contributed by atoms with Crippen molar-refractivity contribution in [1.29, 1.82) is 0 Å². The molecule has 0 heterocycles. The maximum absolute atomic E-state index is 12.7. The van der Waals surface area contributed by atoms with Gasteiger partial charge in [0.05, 0.1) is 19.8 Å². The summed E-state index contributed by atoms with van der Waals surface area (Å²) in [6.07, 6.45) is 51.6. The fraction of sp³-hybridized carbons (Fsp3) is 0.885. The number of phosphoric acid groups is 1. The highest BCUT2D eigenvalue weighted by Gasteiger charge is 2.27. The molecule has 0 fully saturated rings. The van der Waals surface area contributed by atoms with Crippen LogP contribution in [0.2, 0.25) is 0 Å². The molecule has 0 saturated heterocycles. The summed E-state index contributed by atoms with van der Waals surface area (Å²) in [7, 11) is -4.63. The Balaban J connectivity index is 4.15. The van der Waals surface area contributed by atoms with Gasteiger partial charge in [-0.2, -0.15) is 0 Å². The molecule has 0 spiro atoms. The largest absolute Gasteiger partial charge is 0.472 e. The third-order valence-corrected chi connectivity index (χ3v) is 12.5. The van der Waals surface area contributed by atoms with Gasteiger partial charge in [-0.25, -0.2) is 4.57 Å². The van der Waals surface area contributed by atoms with Crippen LogP contribution in [0.15, 0.2) is 24.3 Å². The van der Waals surface area contributed by atoms with Gasteiger partial charge in [0.15, 0.2) is 6.10 Å². The molecule has 0 amide bonds. The van der Waals surface area contributed by atoms with Crippen molar-refractivity contribution in [2.75, 3.05) is 26.4 Å². The first-order valence-electron chi connectivity index (χ1n) is 26.3. The average Bonchev–Trinajstić information content (AvgIpc) is 3.27. The summed E-state index contributed by atoms with van der Waals surface area (Å²) < 4.78 is 32.8. The second-order valence-corrected chi connectivity index (χ2v) is 19.3. The van der Waals surface area contributed by atoms with Crippen molar-refractivity contribution in [2.45, 2.75) is 270 Å². The fourth-order valence-corrected chi connectivity index (χ4v) is 8.31. The second kappa shape index (κ2) is 48.4.